The lowest BCUT2D eigenvalue weighted by Gasteiger charge is -2.12. The van der Waals surface area contributed by atoms with E-state index in [1.165, 1.54) is 30.5 Å². The maximum Gasteiger partial charge on any atom is 0.339 e. The molecule has 0 fully saturated rings. The molecule has 0 spiro atoms. The van der Waals surface area contributed by atoms with Crippen molar-refractivity contribution in [2.24, 2.45) is 5.10 Å². The standard InChI is InChI=1S/C25H20N2O5S/c1-17-10-13-19(14-11-17)33(30,31)32-24-15-12-18-6-2-3-7-20(18)22(24)16-26-27-25(29)21-8-4-5-9-23(21)28/h2-16,28H,1H3,(H,27,29)/b26-16-. The molecule has 166 valence electrons. The number of hydrazone groups is 1. The molecule has 0 radical (unpaired) electrons. The van der Waals surface area contributed by atoms with Gasteiger partial charge in [0.05, 0.1) is 11.8 Å². The number of phenols is 1. The van der Waals surface area contributed by atoms with Crippen LogP contribution < -0.4 is 9.61 Å². The van der Waals surface area contributed by atoms with E-state index < -0.39 is 16.0 Å². The van der Waals surface area contributed by atoms with Gasteiger partial charge in [0.25, 0.3) is 5.91 Å². The molecule has 4 aromatic rings. The van der Waals surface area contributed by atoms with Crippen LogP contribution in [0.1, 0.15) is 21.5 Å². The molecule has 0 aliphatic heterocycles. The number of rotatable bonds is 6. The number of hydrogen-bond acceptors (Lipinski definition) is 6. The summed E-state index contributed by atoms with van der Waals surface area (Å²) in [5.41, 5.74) is 3.71. The molecule has 0 atom stereocenters. The van der Waals surface area contributed by atoms with Crippen molar-refractivity contribution in [3.05, 3.63) is 102 Å². The number of carbonyl (C=O) groups excluding carboxylic acids is 1. The monoisotopic (exact) mass is 460 g/mol. The molecule has 2 N–H and O–H groups in total. The van der Waals surface area contributed by atoms with Gasteiger partial charge in [0.2, 0.25) is 0 Å². The minimum Gasteiger partial charge on any atom is -0.507 e. The van der Waals surface area contributed by atoms with Crippen LogP contribution in [0.4, 0.5) is 0 Å². The van der Waals surface area contributed by atoms with Crippen LogP contribution >= 0.6 is 0 Å². The van der Waals surface area contributed by atoms with Gasteiger partial charge in [0, 0.05) is 5.56 Å². The third-order valence-electron chi connectivity index (χ3n) is 4.95. The zero-order valence-corrected chi connectivity index (χ0v) is 18.4. The van der Waals surface area contributed by atoms with E-state index in [9.17, 15) is 18.3 Å². The van der Waals surface area contributed by atoms with E-state index in [0.717, 1.165) is 10.9 Å². The second-order valence-electron chi connectivity index (χ2n) is 7.27. The molecule has 0 saturated heterocycles. The largest absolute Gasteiger partial charge is 0.507 e. The third kappa shape index (κ3) is 4.86. The Hall–Kier alpha value is -4.17. The molecule has 0 aliphatic carbocycles. The number of fused-ring (bicyclic) bond motifs is 1. The summed E-state index contributed by atoms with van der Waals surface area (Å²) < 4.78 is 31.1. The van der Waals surface area contributed by atoms with Crippen LogP contribution in [0.5, 0.6) is 11.5 Å². The minimum atomic E-state index is -4.09. The van der Waals surface area contributed by atoms with Crippen LogP contribution in [-0.4, -0.2) is 25.6 Å². The number of nitrogens with zero attached hydrogens (tertiary/aromatic N) is 1. The molecule has 0 saturated carbocycles. The fourth-order valence-corrected chi connectivity index (χ4v) is 4.18. The summed E-state index contributed by atoms with van der Waals surface area (Å²) in [6.45, 7) is 1.86. The predicted molar refractivity (Wildman–Crippen MR) is 126 cm³/mol. The summed E-state index contributed by atoms with van der Waals surface area (Å²) in [7, 11) is -4.09. The highest BCUT2D eigenvalue weighted by atomic mass is 32.2. The fourth-order valence-electron chi connectivity index (χ4n) is 3.23. The smallest absolute Gasteiger partial charge is 0.339 e. The first kappa shape index (κ1) is 22.0. The number of amides is 1. The van der Waals surface area contributed by atoms with Crippen molar-refractivity contribution in [1.29, 1.82) is 0 Å². The van der Waals surface area contributed by atoms with Crippen molar-refractivity contribution in [2.45, 2.75) is 11.8 Å². The zero-order chi connectivity index (χ0) is 23.4. The summed E-state index contributed by atoms with van der Waals surface area (Å²) in [5.74, 6) is -0.724. The Balaban J connectivity index is 1.68. The maximum atomic E-state index is 12.8. The van der Waals surface area contributed by atoms with E-state index in [2.05, 4.69) is 10.5 Å². The van der Waals surface area contributed by atoms with Crippen LogP contribution in [0.25, 0.3) is 10.8 Å². The first-order valence-electron chi connectivity index (χ1n) is 9.99. The van der Waals surface area contributed by atoms with Crippen molar-refractivity contribution in [2.75, 3.05) is 0 Å². The maximum absolute atomic E-state index is 12.8. The Morgan fingerprint density at radius 2 is 1.64 bits per heavy atom. The van der Waals surface area contributed by atoms with Gasteiger partial charge in [-0.2, -0.15) is 13.5 Å². The Bertz CT molecular complexity index is 1460. The number of hydrogen-bond donors (Lipinski definition) is 2. The molecule has 0 aromatic heterocycles. The predicted octanol–water partition coefficient (Wildman–Crippen LogP) is 4.39. The fraction of sp³-hybridized carbons (Fsp3) is 0.0400. The quantitative estimate of drug-likeness (QED) is 0.252. The molecule has 1 amide bonds. The number of aryl methyl sites for hydroxylation is 1. The number of para-hydroxylation sites is 1. The highest BCUT2D eigenvalue weighted by Crippen LogP contribution is 2.29. The normalized spacial score (nSPS) is 11.5. The molecule has 0 unspecified atom stereocenters. The Labute approximate surface area is 191 Å². The van der Waals surface area contributed by atoms with Gasteiger partial charge >= 0.3 is 10.1 Å². The Morgan fingerprint density at radius 3 is 2.39 bits per heavy atom. The van der Waals surface area contributed by atoms with E-state index in [0.29, 0.717) is 10.9 Å². The van der Waals surface area contributed by atoms with E-state index in [1.807, 2.05) is 19.1 Å². The van der Waals surface area contributed by atoms with Gasteiger partial charge in [-0.05, 0) is 48.0 Å². The summed E-state index contributed by atoms with van der Waals surface area (Å²) >= 11 is 0. The van der Waals surface area contributed by atoms with Crippen LogP contribution in [0.3, 0.4) is 0 Å². The lowest BCUT2D eigenvalue weighted by atomic mass is 10.0. The average Bonchev–Trinajstić information content (AvgIpc) is 2.80. The van der Waals surface area contributed by atoms with E-state index in [-0.39, 0.29) is 22.0 Å². The van der Waals surface area contributed by atoms with Gasteiger partial charge in [-0.15, -0.1) is 0 Å². The second kappa shape index (κ2) is 9.13. The molecule has 8 heteroatoms. The number of aromatic hydroxyl groups is 1. The number of benzene rings is 4. The lowest BCUT2D eigenvalue weighted by Crippen LogP contribution is -2.18. The van der Waals surface area contributed by atoms with E-state index in [4.69, 9.17) is 4.18 Å². The van der Waals surface area contributed by atoms with Gasteiger partial charge in [-0.25, -0.2) is 5.43 Å². The number of nitrogens with one attached hydrogen (secondary N) is 1. The lowest BCUT2D eigenvalue weighted by molar-refractivity contribution is 0.0952. The first-order chi connectivity index (χ1) is 15.8. The number of carbonyl (C=O) groups is 1. The molecule has 7 nitrogen and oxygen atoms in total. The van der Waals surface area contributed by atoms with Crippen LogP contribution in [0.2, 0.25) is 0 Å². The second-order valence-corrected chi connectivity index (χ2v) is 8.81. The first-order valence-corrected chi connectivity index (χ1v) is 11.4. The minimum absolute atomic E-state index is 0.0250. The van der Waals surface area contributed by atoms with E-state index >= 15 is 0 Å². The molecule has 4 rings (SSSR count). The molecule has 0 aliphatic rings. The highest BCUT2D eigenvalue weighted by Gasteiger charge is 2.19. The van der Waals surface area contributed by atoms with Crippen LogP contribution in [0, 0.1) is 6.92 Å². The summed E-state index contributed by atoms with van der Waals surface area (Å²) in [6, 6.07) is 23.0. The Kier molecular flexibility index (Phi) is 6.10. The highest BCUT2D eigenvalue weighted by molar-refractivity contribution is 7.87. The molecule has 33 heavy (non-hydrogen) atoms. The van der Waals surface area contributed by atoms with Gasteiger partial charge in [0.15, 0.2) is 5.75 Å². The van der Waals surface area contributed by atoms with Crippen molar-refractivity contribution in [3.63, 3.8) is 0 Å². The number of phenolic OH excluding ortho intramolecular Hbond substituents is 1. The van der Waals surface area contributed by atoms with Crippen LogP contribution in [0.15, 0.2) is 94.9 Å². The third-order valence-corrected chi connectivity index (χ3v) is 6.20. The molecular weight excluding hydrogens is 440 g/mol. The summed E-state index contributed by atoms with van der Waals surface area (Å²) in [4.78, 5) is 12.4. The zero-order valence-electron chi connectivity index (χ0n) is 17.6. The van der Waals surface area contributed by atoms with Crippen molar-refractivity contribution in [3.8, 4) is 11.5 Å². The van der Waals surface area contributed by atoms with E-state index in [1.54, 1.807) is 48.5 Å². The van der Waals surface area contributed by atoms with Gasteiger partial charge in [-0.3, -0.25) is 4.79 Å². The average molecular weight is 461 g/mol. The SMILES string of the molecule is Cc1ccc(S(=O)(=O)Oc2ccc3ccccc3c2/C=N\NC(=O)c2ccccc2O)cc1. The molecule has 4 aromatic carbocycles. The van der Waals surface area contributed by atoms with Gasteiger partial charge < -0.3 is 9.29 Å². The van der Waals surface area contributed by atoms with Gasteiger partial charge in [0.1, 0.15) is 10.6 Å². The Morgan fingerprint density at radius 1 is 0.939 bits per heavy atom. The summed E-state index contributed by atoms with van der Waals surface area (Å²) in [6.07, 6.45) is 1.32. The molecule has 0 heterocycles. The van der Waals surface area contributed by atoms with Crippen LogP contribution in [-0.2, 0) is 10.1 Å². The summed E-state index contributed by atoms with van der Waals surface area (Å²) in [5, 5.41) is 15.3. The molecular formula is C25H20N2O5S. The van der Waals surface area contributed by atoms with Crippen molar-refractivity contribution in [1.82, 2.24) is 5.43 Å². The topological polar surface area (TPSA) is 105 Å². The molecule has 0 bridgehead atoms. The van der Waals surface area contributed by atoms with Crippen molar-refractivity contribution < 1.29 is 22.5 Å². The van der Waals surface area contributed by atoms with Gasteiger partial charge in [-0.1, -0.05) is 60.2 Å². The van der Waals surface area contributed by atoms with Crippen molar-refractivity contribution >= 4 is 33.0 Å².